The molecule has 7 heteroatoms. The van der Waals surface area contributed by atoms with Gasteiger partial charge in [0, 0.05) is 11.8 Å². The number of nitrogens with zero attached hydrogens (tertiary/aromatic N) is 2. The Hall–Kier alpha value is -2.57. The summed E-state index contributed by atoms with van der Waals surface area (Å²) in [4.78, 5) is 25.0. The van der Waals surface area contributed by atoms with Crippen molar-refractivity contribution in [1.82, 2.24) is 4.98 Å². The van der Waals surface area contributed by atoms with E-state index in [1.165, 1.54) is 25.3 Å². The number of aliphatic carboxylic acids is 1. The van der Waals surface area contributed by atoms with Crippen molar-refractivity contribution >= 4 is 22.6 Å². The molecule has 1 N–H and O–H groups in total. The third-order valence-corrected chi connectivity index (χ3v) is 2.86. The molecule has 0 amide bonds. The third kappa shape index (κ3) is 2.10. The summed E-state index contributed by atoms with van der Waals surface area (Å²) in [5, 5.41) is 20.0. The summed E-state index contributed by atoms with van der Waals surface area (Å²) < 4.78 is 13.9. The minimum atomic E-state index is -1.22. The highest BCUT2D eigenvalue weighted by molar-refractivity contribution is 5.93. The molecule has 0 saturated carbocycles. The van der Waals surface area contributed by atoms with Gasteiger partial charge < -0.3 is 5.11 Å². The number of halogens is 1. The van der Waals surface area contributed by atoms with E-state index in [4.69, 9.17) is 5.11 Å². The normalized spacial score (nSPS) is 12.3. The van der Waals surface area contributed by atoms with Crippen LogP contribution in [0.1, 0.15) is 18.4 Å². The lowest BCUT2D eigenvalue weighted by Gasteiger charge is -2.11. The molecule has 6 nitrogen and oxygen atoms in total. The number of rotatable bonds is 3. The Balaban J connectivity index is 2.87. The Bertz CT molecular complexity index is 687. The second-order valence-corrected chi connectivity index (χ2v) is 4.01. The van der Waals surface area contributed by atoms with Gasteiger partial charge >= 0.3 is 5.97 Å². The van der Waals surface area contributed by atoms with Crippen molar-refractivity contribution in [2.45, 2.75) is 12.8 Å². The van der Waals surface area contributed by atoms with Gasteiger partial charge in [0.25, 0.3) is 5.69 Å². The highest BCUT2D eigenvalue weighted by Crippen LogP contribution is 2.33. The van der Waals surface area contributed by atoms with Crippen molar-refractivity contribution in [3.05, 3.63) is 45.9 Å². The van der Waals surface area contributed by atoms with Crippen LogP contribution in [0.5, 0.6) is 0 Å². The lowest BCUT2D eigenvalue weighted by molar-refractivity contribution is -0.383. The van der Waals surface area contributed by atoms with Crippen molar-refractivity contribution in [2.24, 2.45) is 0 Å². The van der Waals surface area contributed by atoms with Gasteiger partial charge in [0.05, 0.1) is 27.8 Å². The van der Waals surface area contributed by atoms with Crippen LogP contribution in [0.25, 0.3) is 10.9 Å². The number of aromatic nitrogens is 1. The Kier molecular flexibility index (Phi) is 3.12. The van der Waals surface area contributed by atoms with Crippen LogP contribution in [-0.2, 0) is 4.79 Å². The van der Waals surface area contributed by atoms with Crippen molar-refractivity contribution in [3.63, 3.8) is 0 Å². The predicted molar refractivity (Wildman–Crippen MR) is 64.4 cm³/mol. The summed E-state index contributed by atoms with van der Waals surface area (Å²) in [6.45, 7) is 1.31. The molecule has 1 heterocycles. The molecule has 0 aliphatic rings. The number of nitro benzene ring substituents is 1. The quantitative estimate of drug-likeness (QED) is 0.678. The van der Waals surface area contributed by atoms with Gasteiger partial charge in [-0.05, 0) is 19.1 Å². The largest absolute Gasteiger partial charge is 0.481 e. The van der Waals surface area contributed by atoms with E-state index in [0.717, 1.165) is 6.07 Å². The average molecular weight is 264 g/mol. The van der Waals surface area contributed by atoms with Crippen molar-refractivity contribution in [3.8, 4) is 0 Å². The average Bonchev–Trinajstić information content (AvgIpc) is 2.36. The molecule has 19 heavy (non-hydrogen) atoms. The summed E-state index contributed by atoms with van der Waals surface area (Å²) in [6, 6.07) is 3.62. The molecule has 0 fully saturated rings. The number of carbonyl (C=O) groups is 1. The van der Waals surface area contributed by atoms with E-state index in [1.54, 1.807) is 0 Å². The predicted octanol–water partition coefficient (Wildman–Crippen LogP) is 2.47. The number of hydrogen-bond donors (Lipinski definition) is 1. The van der Waals surface area contributed by atoms with Crippen LogP contribution < -0.4 is 0 Å². The number of benzene rings is 1. The fourth-order valence-corrected chi connectivity index (χ4v) is 1.90. The molecule has 0 radical (unpaired) electrons. The zero-order chi connectivity index (χ0) is 14.2. The monoisotopic (exact) mass is 264 g/mol. The summed E-state index contributed by atoms with van der Waals surface area (Å²) >= 11 is 0. The van der Waals surface area contributed by atoms with Crippen LogP contribution in [-0.4, -0.2) is 21.0 Å². The van der Waals surface area contributed by atoms with E-state index >= 15 is 0 Å². The highest BCUT2D eigenvalue weighted by atomic mass is 19.1. The Morgan fingerprint density at radius 1 is 1.58 bits per heavy atom. The number of hydrogen-bond acceptors (Lipinski definition) is 4. The van der Waals surface area contributed by atoms with Gasteiger partial charge in [0.2, 0.25) is 0 Å². The molecule has 1 aromatic carbocycles. The maximum atomic E-state index is 13.9. The zero-order valence-electron chi connectivity index (χ0n) is 9.83. The molecule has 0 aliphatic carbocycles. The maximum absolute atomic E-state index is 13.9. The van der Waals surface area contributed by atoms with Crippen LogP contribution in [0.4, 0.5) is 10.1 Å². The highest BCUT2D eigenvalue weighted by Gasteiger charge is 2.26. The second kappa shape index (κ2) is 4.60. The molecule has 1 unspecified atom stereocenters. The number of carboxylic acid groups (broad SMARTS) is 1. The molecule has 0 aliphatic heterocycles. The first kappa shape index (κ1) is 12.9. The fourth-order valence-electron chi connectivity index (χ4n) is 1.90. The van der Waals surface area contributed by atoms with Crippen molar-refractivity contribution < 1.29 is 19.2 Å². The molecule has 0 saturated heterocycles. The van der Waals surface area contributed by atoms with E-state index in [9.17, 15) is 19.3 Å². The minimum absolute atomic E-state index is 0.00380. The lowest BCUT2D eigenvalue weighted by atomic mass is 9.96. The summed E-state index contributed by atoms with van der Waals surface area (Å²) in [6.07, 6.45) is 1.34. The lowest BCUT2D eigenvalue weighted by Crippen LogP contribution is -2.11. The summed E-state index contributed by atoms with van der Waals surface area (Å²) in [7, 11) is 0. The van der Waals surface area contributed by atoms with Gasteiger partial charge in [-0.2, -0.15) is 0 Å². The molecule has 2 aromatic rings. The number of carboxylic acids is 1. The zero-order valence-corrected chi connectivity index (χ0v) is 9.83. The molecule has 1 aromatic heterocycles. The van der Waals surface area contributed by atoms with Crippen LogP contribution in [0.2, 0.25) is 0 Å². The van der Waals surface area contributed by atoms with E-state index in [0.29, 0.717) is 0 Å². The first-order chi connectivity index (χ1) is 8.93. The number of pyridine rings is 1. The fraction of sp³-hybridized carbons (Fsp3) is 0.167. The summed E-state index contributed by atoms with van der Waals surface area (Å²) in [5.41, 5.74) is -0.570. The van der Waals surface area contributed by atoms with E-state index in [1.807, 2.05) is 0 Å². The van der Waals surface area contributed by atoms with Crippen LogP contribution >= 0.6 is 0 Å². The molecular formula is C12H9FN2O4. The molecule has 2 rings (SSSR count). The topological polar surface area (TPSA) is 93.3 Å². The second-order valence-electron chi connectivity index (χ2n) is 4.01. The first-order valence-electron chi connectivity index (χ1n) is 5.37. The van der Waals surface area contributed by atoms with Crippen molar-refractivity contribution in [1.29, 1.82) is 0 Å². The Morgan fingerprint density at radius 2 is 2.26 bits per heavy atom. The van der Waals surface area contributed by atoms with Gasteiger partial charge in [0.1, 0.15) is 5.82 Å². The Morgan fingerprint density at radius 3 is 2.84 bits per heavy atom. The molecule has 1 atom stereocenters. The minimum Gasteiger partial charge on any atom is -0.481 e. The number of nitro groups is 1. The van der Waals surface area contributed by atoms with Gasteiger partial charge in [-0.15, -0.1) is 0 Å². The maximum Gasteiger partial charge on any atom is 0.310 e. The molecule has 98 valence electrons. The third-order valence-electron chi connectivity index (χ3n) is 2.86. The van der Waals surface area contributed by atoms with Crippen LogP contribution in [0.3, 0.4) is 0 Å². The smallest absolute Gasteiger partial charge is 0.310 e. The van der Waals surface area contributed by atoms with Crippen LogP contribution in [0, 0.1) is 15.9 Å². The van der Waals surface area contributed by atoms with Gasteiger partial charge in [-0.3, -0.25) is 19.9 Å². The van der Waals surface area contributed by atoms with Gasteiger partial charge in [-0.1, -0.05) is 0 Å². The SMILES string of the molecule is CC(C(=O)O)c1c(F)cc([N+](=O)[O-])c2cccnc12. The van der Waals surface area contributed by atoms with E-state index < -0.39 is 28.3 Å². The summed E-state index contributed by atoms with van der Waals surface area (Å²) in [5.74, 6) is -3.30. The first-order valence-corrected chi connectivity index (χ1v) is 5.37. The number of fused-ring (bicyclic) bond motifs is 1. The van der Waals surface area contributed by atoms with Gasteiger partial charge in [0.15, 0.2) is 0 Å². The Labute approximate surface area is 106 Å². The van der Waals surface area contributed by atoms with Gasteiger partial charge in [-0.25, -0.2) is 4.39 Å². The van der Waals surface area contributed by atoms with E-state index in [2.05, 4.69) is 4.98 Å². The molecule has 0 bridgehead atoms. The van der Waals surface area contributed by atoms with Crippen LogP contribution in [0.15, 0.2) is 24.4 Å². The van der Waals surface area contributed by atoms with Crippen molar-refractivity contribution in [2.75, 3.05) is 0 Å². The molecule has 0 spiro atoms. The standard InChI is InChI=1S/C12H9FN2O4/c1-6(12(16)17)10-8(13)5-9(15(18)19)7-3-2-4-14-11(7)10/h2-6H,1H3,(H,16,17). The van der Waals surface area contributed by atoms with E-state index in [-0.39, 0.29) is 16.5 Å². The molecular weight excluding hydrogens is 255 g/mol. The number of non-ortho nitro benzene ring substituents is 1.